The molecule has 0 atom stereocenters. The summed E-state index contributed by atoms with van der Waals surface area (Å²) in [6, 6.07) is 4.00. The van der Waals surface area contributed by atoms with Crippen LogP contribution in [-0.2, 0) is 0 Å². The third-order valence-corrected chi connectivity index (χ3v) is 2.79. The number of anilines is 1. The molecule has 1 fully saturated rings. The van der Waals surface area contributed by atoms with Gasteiger partial charge in [0, 0.05) is 11.7 Å². The molecule has 0 saturated heterocycles. The molecular weight excluding hydrogens is 164 g/mol. The van der Waals surface area contributed by atoms with Gasteiger partial charge in [0.05, 0.1) is 5.69 Å². The zero-order valence-electron chi connectivity index (χ0n) is 7.79. The topological polar surface area (TPSA) is 48.0 Å². The number of nitrogens with two attached hydrogens (primary N) is 1. The lowest BCUT2D eigenvalue weighted by Crippen LogP contribution is -2.31. The summed E-state index contributed by atoms with van der Waals surface area (Å²) in [7, 11) is 0. The van der Waals surface area contributed by atoms with Gasteiger partial charge in [-0.15, -0.1) is 0 Å². The minimum atomic E-state index is -0.0234. The first-order valence-corrected chi connectivity index (χ1v) is 4.68. The molecular formula is C10H14N2O. The lowest BCUT2D eigenvalue weighted by molar-refractivity contribution is 0.302. The smallest absolute Gasteiger partial charge is 0.274 e. The molecule has 3 heteroatoms. The predicted octanol–water partition coefficient (Wildman–Crippen LogP) is 1.46. The first-order chi connectivity index (χ1) is 6.20. The van der Waals surface area contributed by atoms with Gasteiger partial charge in [-0.05, 0) is 38.3 Å². The van der Waals surface area contributed by atoms with Crippen molar-refractivity contribution in [3.05, 3.63) is 28.2 Å². The maximum Gasteiger partial charge on any atom is 0.274 e. The van der Waals surface area contributed by atoms with Crippen LogP contribution in [-0.4, -0.2) is 4.57 Å². The summed E-state index contributed by atoms with van der Waals surface area (Å²) in [4.78, 5) is 11.7. The minimum absolute atomic E-state index is 0.0234. The molecule has 2 N–H and O–H groups in total. The van der Waals surface area contributed by atoms with Gasteiger partial charge in [0.25, 0.3) is 5.56 Å². The van der Waals surface area contributed by atoms with Crippen molar-refractivity contribution in [3.63, 3.8) is 0 Å². The average molecular weight is 178 g/mol. The van der Waals surface area contributed by atoms with Gasteiger partial charge >= 0.3 is 0 Å². The van der Waals surface area contributed by atoms with Crippen LogP contribution in [0.5, 0.6) is 0 Å². The van der Waals surface area contributed by atoms with Gasteiger partial charge in [-0.25, -0.2) is 0 Å². The van der Waals surface area contributed by atoms with Gasteiger partial charge in [-0.3, -0.25) is 4.79 Å². The molecule has 0 unspecified atom stereocenters. The molecule has 13 heavy (non-hydrogen) atoms. The molecule has 1 aliphatic carbocycles. The molecule has 1 heterocycles. The standard InChI is InChI=1S/C10H14N2O/c1-7-5-6-9(11)10(13)12(7)8-3-2-4-8/h5-6,8H,2-4,11H2,1H3. The predicted molar refractivity (Wildman–Crippen MR) is 52.7 cm³/mol. The Labute approximate surface area is 77.2 Å². The molecule has 0 aromatic carbocycles. The summed E-state index contributed by atoms with van der Waals surface area (Å²) in [5, 5.41) is 0. The number of rotatable bonds is 1. The Hall–Kier alpha value is -1.25. The Kier molecular flexibility index (Phi) is 1.87. The molecule has 2 rings (SSSR count). The van der Waals surface area contributed by atoms with E-state index < -0.39 is 0 Å². The number of hydrogen-bond acceptors (Lipinski definition) is 2. The van der Waals surface area contributed by atoms with Crippen molar-refractivity contribution < 1.29 is 0 Å². The van der Waals surface area contributed by atoms with Crippen LogP contribution in [0.3, 0.4) is 0 Å². The third-order valence-electron chi connectivity index (χ3n) is 2.79. The van der Waals surface area contributed by atoms with Crippen molar-refractivity contribution in [1.82, 2.24) is 4.57 Å². The minimum Gasteiger partial charge on any atom is -0.394 e. The van der Waals surface area contributed by atoms with Gasteiger partial charge in [-0.1, -0.05) is 0 Å². The van der Waals surface area contributed by atoms with E-state index in [1.54, 1.807) is 6.07 Å². The van der Waals surface area contributed by atoms with Crippen LogP contribution in [0.2, 0.25) is 0 Å². The maximum atomic E-state index is 11.7. The van der Waals surface area contributed by atoms with Crippen molar-refractivity contribution >= 4 is 5.69 Å². The third kappa shape index (κ3) is 1.24. The van der Waals surface area contributed by atoms with Gasteiger partial charge in [-0.2, -0.15) is 0 Å². The molecule has 1 saturated carbocycles. The lowest BCUT2D eigenvalue weighted by atomic mass is 9.92. The molecule has 3 nitrogen and oxygen atoms in total. The number of aromatic nitrogens is 1. The zero-order chi connectivity index (χ0) is 9.42. The number of hydrogen-bond donors (Lipinski definition) is 1. The highest BCUT2D eigenvalue weighted by Crippen LogP contribution is 2.31. The fourth-order valence-electron chi connectivity index (χ4n) is 1.76. The van der Waals surface area contributed by atoms with E-state index in [1.165, 1.54) is 6.42 Å². The van der Waals surface area contributed by atoms with E-state index >= 15 is 0 Å². The number of nitrogens with zero attached hydrogens (tertiary/aromatic N) is 1. The fourth-order valence-corrected chi connectivity index (χ4v) is 1.76. The quantitative estimate of drug-likeness (QED) is 0.707. The van der Waals surface area contributed by atoms with E-state index in [2.05, 4.69) is 0 Å². The largest absolute Gasteiger partial charge is 0.394 e. The van der Waals surface area contributed by atoms with Crippen LogP contribution < -0.4 is 11.3 Å². The highest BCUT2D eigenvalue weighted by molar-refractivity contribution is 5.35. The molecule has 0 radical (unpaired) electrons. The monoisotopic (exact) mass is 178 g/mol. The highest BCUT2D eigenvalue weighted by Gasteiger charge is 2.21. The van der Waals surface area contributed by atoms with Crippen LogP contribution >= 0.6 is 0 Å². The van der Waals surface area contributed by atoms with Crippen LogP contribution in [0.1, 0.15) is 31.0 Å². The van der Waals surface area contributed by atoms with E-state index in [9.17, 15) is 4.79 Å². The van der Waals surface area contributed by atoms with E-state index in [0.29, 0.717) is 11.7 Å². The van der Waals surface area contributed by atoms with Crippen molar-refractivity contribution in [3.8, 4) is 0 Å². The van der Waals surface area contributed by atoms with Crippen molar-refractivity contribution in [2.24, 2.45) is 0 Å². The van der Waals surface area contributed by atoms with Gasteiger partial charge in [0.2, 0.25) is 0 Å². The van der Waals surface area contributed by atoms with Crippen molar-refractivity contribution in [2.75, 3.05) is 5.73 Å². The first-order valence-electron chi connectivity index (χ1n) is 4.68. The Bertz CT molecular complexity index is 377. The lowest BCUT2D eigenvalue weighted by Gasteiger charge is -2.29. The van der Waals surface area contributed by atoms with Crippen LogP contribution in [0, 0.1) is 6.92 Å². The van der Waals surface area contributed by atoms with Crippen molar-refractivity contribution in [2.45, 2.75) is 32.2 Å². The van der Waals surface area contributed by atoms with E-state index in [1.807, 2.05) is 17.6 Å². The molecule has 0 spiro atoms. The molecule has 0 aliphatic heterocycles. The van der Waals surface area contributed by atoms with Gasteiger partial charge in [0.1, 0.15) is 0 Å². The Morgan fingerprint density at radius 1 is 1.46 bits per heavy atom. The normalized spacial score (nSPS) is 17.0. The van der Waals surface area contributed by atoms with Gasteiger partial charge in [0.15, 0.2) is 0 Å². The Balaban J connectivity index is 2.53. The number of aryl methyl sites for hydroxylation is 1. The second kappa shape index (κ2) is 2.91. The van der Waals surface area contributed by atoms with Crippen LogP contribution in [0.15, 0.2) is 16.9 Å². The molecule has 1 aromatic rings. The highest BCUT2D eigenvalue weighted by atomic mass is 16.1. The van der Waals surface area contributed by atoms with Crippen LogP contribution in [0.25, 0.3) is 0 Å². The van der Waals surface area contributed by atoms with Crippen molar-refractivity contribution in [1.29, 1.82) is 0 Å². The number of pyridine rings is 1. The molecule has 1 aliphatic rings. The Morgan fingerprint density at radius 3 is 2.69 bits per heavy atom. The zero-order valence-corrected chi connectivity index (χ0v) is 7.79. The summed E-state index contributed by atoms with van der Waals surface area (Å²) >= 11 is 0. The second-order valence-electron chi connectivity index (χ2n) is 3.69. The van der Waals surface area contributed by atoms with Gasteiger partial charge < -0.3 is 10.3 Å². The fraction of sp³-hybridized carbons (Fsp3) is 0.500. The molecule has 70 valence electrons. The summed E-state index contributed by atoms with van der Waals surface area (Å²) in [6.07, 6.45) is 3.46. The summed E-state index contributed by atoms with van der Waals surface area (Å²) in [5.74, 6) is 0. The summed E-state index contributed by atoms with van der Waals surface area (Å²) < 4.78 is 1.83. The summed E-state index contributed by atoms with van der Waals surface area (Å²) in [5.41, 5.74) is 6.93. The Morgan fingerprint density at radius 2 is 2.15 bits per heavy atom. The molecule has 0 bridgehead atoms. The SMILES string of the molecule is Cc1ccc(N)c(=O)n1C1CCC1. The van der Waals surface area contributed by atoms with E-state index in [-0.39, 0.29) is 5.56 Å². The second-order valence-corrected chi connectivity index (χ2v) is 3.69. The molecule has 0 amide bonds. The van der Waals surface area contributed by atoms with E-state index in [0.717, 1.165) is 18.5 Å². The maximum absolute atomic E-state index is 11.7. The first kappa shape index (κ1) is 8.35. The molecule has 1 aromatic heterocycles. The van der Waals surface area contributed by atoms with E-state index in [4.69, 9.17) is 5.73 Å². The average Bonchev–Trinajstić information content (AvgIpc) is 2.02. The van der Waals surface area contributed by atoms with Crippen LogP contribution in [0.4, 0.5) is 5.69 Å². The number of nitrogen functional groups attached to an aromatic ring is 1. The summed E-state index contributed by atoms with van der Waals surface area (Å²) in [6.45, 7) is 1.96.